The maximum Gasteiger partial charge on any atom is 0.274 e. The molecule has 0 aliphatic rings. The molecule has 0 radical (unpaired) electrons. The minimum absolute atomic E-state index is 0.0530. The number of carbonyl (C=O) groups is 1. The number of hydrogen-bond donors (Lipinski definition) is 2. The number of nitro groups is 1. The Hall–Kier alpha value is -2.74. The number of carbonyl (C=O) groups excluding carboxylic acids is 1. The van der Waals surface area contributed by atoms with Gasteiger partial charge in [-0.05, 0) is 13.0 Å². The predicted molar refractivity (Wildman–Crippen MR) is 76.6 cm³/mol. The van der Waals surface area contributed by atoms with Gasteiger partial charge in [0.05, 0.1) is 22.4 Å². The topological polar surface area (TPSA) is 116 Å². The van der Waals surface area contributed by atoms with Crippen LogP contribution in [-0.4, -0.2) is 20.6 Å². The van der Waals surface area contributed by atoms with Crippen LogP contribution in [0.15, 0.2) is 30.6 Å². The molecule has 0 spiro atoms. The molecule has 0 aliphatic carbocycles. The van der Waals surface area contributed by atoms with Crippen molar-refractivity contribution in [3.05, 3.63) is 51.8 Å². The quantitative estimate of drug-likeness (QED) is 0.649. The molecule has 0 saturated heterocycles. The molecule has 1 unspecified atom stereocenters. The second-order valence-electron chi connectivity index (χ2n) is 4.62. The van der Waals surface area contributed by atoms with Crippen LogP contribution in [0.25, 0.3) is 0 Å². The van der Waals surface area contributed by atoms with E-state index < -0.39 is 16.9 Å². The number of hydrogen-bond acceptors (Lipinski definition) is 5. The van der Waals surface area contributed by atoms with Crippen molar-refractivity contribution in [3.63, 3.8) is 0 Å². The molecule has 3 N–H and O–H groups in total. The number of nitro benzene ring substituents is 1. The maximum absolute atomic E-state index is 12.1. The van der Waals surface area contributed by atoms with Crippen LogP contribution in [0, 0.1) is 17.0 Å². The first-order valence-electron chi connectivity index (χ1n) is 6.19. The van der Waals surface area contributed by atoms with Gasteiger partial charge in [-0.25, -0.2) is 0 Å². The van der Waals surface area contributed by atoms with Crippen molar-refractivity contribution in [1.29, 1.82) is 0 Å². The van der Waals surface area contributed by atoms with Crippen molar-refractivity contribution < 1.29 is 9.72 Å². The van der Waals surface area contributed by atoms with E-state index in [9.17, 15) is 14.9 Å². The van der Waals surface area contributed by atoms with Crippen molar-refractivity contribution in [2.45, 2.75) is 13.0 Å². The van der Waals surface area contributed by atoms with Crippen LogP contribution in [0.5, 0.6) is 0 Å². The maximum atomic E-state index is 12.1. The Morgan fingerprint density at radius 3 is 2.81 bits per heavy atom. The lowest BCUT2D eigenvalue weighted by molar-refractivity contribution is -0.385. The lowest BCUT2D eigenvalue weighted by Crippen LogP contribution is -2.27. The number of aryl methyl sites for hydroxylation is 1. The van der Waals surface area contributed by atoms with Crippen molar-refractivity contribution in [2.75, 3.05) is 5.32 Å². The Bertz CT molecular complexity index is 695. The summed E-state index contributed by atoms with van der Waals surface area (Å²) < 4.78 is 1.54. The zero-order valence-electron chi connectivity index (χ0n) is 11.6. The molecular formula is C13H15N5O3. The van der Waals surface area contributed by atoms with E-state index in [1.54, 1.807) is 30.9 Å². The van der Waals surface area contributed by atoms with Gasteiger partial charge in [-0.15, -0.1) is 0 Å². The van der Waals surface area contributed by atoms with Gasteiger partial charge >= 0.3 is 0 Å². The third kappa shape index (κ3) is 3.06. The van der Waals surface area contributed by atoms with Crippen LogP contribution in [-0.2, 0) is 11.8 Å². The van der Waals surface area contributed by atoms with Crippen LogP contribution in [0.2, 0.25) is 0 Å². The van der Waals surface area contributed by atoms with E-state index >= 15 is 0 Å². The highest BCUT2D eigenvalue weighted by Gasteiger charge is 2.20. The van der Waals surface area contributed by atoms with Gasteiger partial charge in [0.1, 0.15) is 6.04 Å². The molecule has 110 valence electrons. The van der Waals surface area contributed by atoms with Gasteiger partial charge in [-0.1, -0.05) is 6.07 Å². The summed E-state index contributed by atoms with van der Waals surface area (Å²) in [5, 5.41) is 17.4. The molecule has 0 fully saturated rings. The van der Waals surface area contributed by atoms with Crippen LogP contribution in [0.3, 0.4) is 0 Å². The molecule has 1 aromatic heterocycles. The van der Waals surface area contributed by atoms with Gasteiger partial charge in [0, 0.05) is 24.9 Å². The van der Waals surface area contributed by atoms with E-state index in [1.165, 1.54) is 18.3 Å². The predicted octanol–water partition coefficient (Wildman–Crippen LogP) is 1.28. The van der Waals surface area contributed by atoms with E-state index in [0.717, 1.165) is 0 Å². The van der Waals surface area contributed by atoms with Gasteiger partial charge < -0.3 is 11.1 Å². The van der Waals surface area contributed by atoms with Gasteiger partial charge in [0.2, 0.25) is 5.91 Å². The minimum atomic E-state index is -0.891. The number of nitrogens with zero attached hydrogens (tertiary/aromatic N) is 3. The summed E-state index contributed by atoms with van der Waals surface area (Å²) in [7, 11) is 1.72. The Kier molecular flexibility index (Phi) is 3.99. The summed E-state index contributed by atoms with van der Waals surface area (Å²) >= 11 is 0. The van der Waals surface area contributed by atoms with Crippen LogP contribution in [0.4, 0.5) is 11.4 Å². The Balaban J connectivity index is 2.20. The summed E-state index contributed by atoms with van der Waals surface area (Å²) in [6.45, 7) is 1.57. The van der Waals surface area contributed by atoms with Crippen molar-refractivity contribution >= 4 is 17.3 Å². The highest BCUT2D eigenvalue weighted by molar-refractivity contribution is 5.96. The minimum Gasteiger partial charge on any atom is -0.324 e. The smallest absolute Gasteiger partial charge is 0.274 e. The van der Waals surface area contributed by atoms with E-state index in [-0.39, 0.29) is 5.69 Å². The van der Waals surface area contributed by atoms with E-state index in [4.69, 9.17) is 5.73 Å². The first-order chi connectivity index (χ1) is 9.90. The molecule has 0 bridgehead atoms. The standard InChI is InChI=1S/C13H15N5O3/c1-8-10(4-3-5-11(8)18(20)21)16-13(19)12(14)9-6-15-17(2)7-9/h3-7,12H,14H2,1-2H3,(H,16,19). The lowest BCUT2D eigenvalue weighted by atomic mass is 10.1. The normalized spacial score (nSPS) is 12.0. The lowest BCUT2D eigenvalue weighted by Gasteiger charge is -2.12. The molecule has 1 atom stereocenters. The molecule has 2 rings (SSSR count). The summed E-state index contributed by atoms with van der Waals surface area (Å²) in [4.78, 5) is 22.5. The monoisotopic (exact) mass is 289 g/mol. The van der Waals surface area contributed by atoms with E-state index in [0.29, 0.717) is 16.8 Å². The third-order valence-electron chi connectivity index (χ3n) is 3.13. The van der Waals surface area contributed by atoms with E-state index in [1.807, 2.05) is 0 Å². The molecule has 1 heterocycles. The summed E-state index contributed by atoms with van der Waals surface area (Å²) in [6.07, 6.45) is 3.15. The number of nitrogens with two attached hydrogens (primary N) is 1. The summed E-state index contributed by atoms with van der Waals surface area (Å²) in [5.41, 5.74) is 7.12. The molecule has 8 heteroatoms. The van der Waals surface area contributed by atoms with Crippen molar-refractivity contribution in [2.24, 2.45) is 12.8 Å². The molecule has 0 saturated carbocycles. The number of amides is 1. The Morgan fingerprint density at radius 1 is 1.52 bits per heavy atom. The fraction of sp³-hybridized carbons (Fsp3) is 0.231. The highest BCUT2D eigenvalue weighted by atomic mass is 16.6. The number of anilines is 1. The third-order valence-corrected chi connectivity index (χ3v) is 3.13. The van der Waals surface area contributed by atoms with Crippen molar-refractivity contribution in [3.8, 4) is 0 Å². The number of aromatic nitrogens is 2. The average molecular weight is 289 g/mol. The highest BCUT2D eigenvalue weighted by Crippen LogP contribution is 2.25. The Morgan fingerprint density at radius 2 is 2.24 bits per heavy atom. The first kappa shape index (κ1) is 14.7. The molecule has 0 aliphatic heterocycles. The fourth-order valence-corrected chi connectivity index (χ4v) is 1.92. The summed E-state index contributed by atoms with van der Waals surface area (Å²) in [6, 6.07) is 3.59. The number of rotatable bonds is 4. The second-order valence-corrected chi connectivity index (χ2v) is 4.62. The van der Waals surface area contributed by atoms with Gasteiger partial charge in [0.15, 0.2) is 0 Å². The molecular weight excluding hydrogens is 274 g/mol. The Labute approximate surface area is 120 Å². The number of nitrogens with one attached hydrogen (secondary N) is 1. The average Bonchev–Trinajstić information content (AvgIpc) is 2.86. The van der Waals surface area contributed by atoms with Crippen molar-refractivity contribution in [1.82, 2.24) is 9.78 Å². The van der Waals surface area contributed by atoms with Gasteiger partial charge in [-0.2, -0.15) is 5.10 Å². The van der Waals surface area contributed by atoms with Gasteiger partial charge in [-0.3, -0.25) is 19.6 Å². The fourth-order valence-electron chi connectivity index (χ4n) is 1.92. The van der Waals surface area contributed by atoms with E-state index in [2.05, 4.69) is 10.4 Å². The second kappa shape index (κ2) is 5.71. The SMILES string of the molecule is Cc1c(NC(=O)C(N)c2cnn(C)c2)cccc1[N+](=O)[O-]. The largest absolute Gasteiger partial charge is 0.324 e. The summed E-state index contributed by atoms with van der Waals surface area (Å²) in [5.74, 6) is -0.452. The van der Waals surface area contributed by atoms with Crippen LogP contribution in [0.1, 0.15) is 17.2 Å². The molecule has 8 nitrogen and oxygen atoms in total. The molecule has 1 amide bonds. The zero-order valence-corrected chi connectivity index (χ0v) is 11.6. The molecule has 2 aromatic rings. The first-order valence-corrected chi connectivity index (χ1v) is 6.19. The van der Waals surface area contributed by atoms with Crippen LogP contribution < -0.4 is 11.1 Å². The zero-order chi connectivity index (χ0) is 15.6. The van der Waals surface area contributed by atoms with Crippen LogP contribution >= 0.6 is 0 Å². The molecule has 21 heavy (non-hydrogen) atoms. The van der Waals surface area contributed by atoms with Gasteiger partial charge in [0.25, 0.3) is 5.69 Å². The number of benzene rings is 1. The molecule has 1 aromatic carbocycles.